The molecule has 0 bridgehead atoms. The van der Waals surface area contributed by atoms with Gasteiger partial charge in [-0.05, 0) is 70.8 Å². The molecule has 3 heterocycles. The second kappa shape index (κ2) is 22.0. The van der Waals surface area contributed by atoms with Gasteiger partial charge in [-0.25, -0.2) is 0 Å². The zero-order valence-corrected chi connectivity index (χ0v) is 37.0. The van der Waals surface area contributed by atoms with Gasteiger partial charge in [-0.2, -0.15) is 0 Å². The molecule has 3 aliphatic rings. The van der Waals surface area contributed by atoms with Crippen molar-refractivity contribution in [2.24, 2.45) is 11.8 Å². The minimum atomic E-state index is -1.53. The largest absolute Gasteiger partial charge is 0.391 e. The number of amides is 9. The third-order valence-corrected chi connectivity index (χ3v) is 11.9. The molecule has 0 radical (unpaired) electrons. The van der Waals surface area contributed by atoms with Crippen LogP contribution in [0.5, 0.6) is 0 Å². The average Bonchev–Trinajstić information content (AvgIpc) is 3.93. The fraction of sp³-hybridized carbons (Fsp3) is 0.651. The van der Waals surface area contributed by atoms with E-state index in [2.05, 4.69) is 37.2 Å². The number of nitrogens with zero attached hydrogens (tertiary/aromatic N) is 2. The summed E-state index contributed by atoms with van der Waals surface area (Å²) < 4.78 is 0. The normalized spacial score (nSPS) is 30.4. The molecule has 3 fully saturated rings. The minimum Gasteiger partial charge on any atom is -0.391 e. The number of rotatable bonds is 6. The molecule has 1 aromatic carbocycles. The van der Waals surface area contributed by atoms with E-state index in [1.807, 2.05) is 6.92 Å². The summed E-state index contributed by atoms with van der Waals surface area (Å²) in [6.45, 7) is 12.9. The molecule has 19 nitrogen and oxygen atoms in total. The number of fused-ring (bicyclic) bond motifs is 2. The van der Waals surface area contributed by atoms with Gasteiger partial charge >= 0.3 is 0 Å². The third kappa shape index (κ3) is 12.3. The Morgan fingerprint density at radius 2 is 1.03 bits per heavy atom. The summed E-state index contributed by atoms with van der Waals surface area (Å²) in [5, 5.41) is 29.4. The number of carbonyl (C=O) groups is 9. The Morgan fingerprint density at radius 1 is 0.565 bits per heavy atom. The number of benzene rings is 1. The molecule has 3 aliphatic heterocycles. The van der Waals surface area contributed by atoms with Crippen molar-refractivity contribution in [2.45, 2.75) is 154 Å². The monoisotopic (exact) mass is 867 g/mol. The van der Waals surface area contributed by atoms with Gasteiger partial charge in [0.1, 0.15) is 54.4 Å². The Kier molecular flexibility index (Phi) is 17.4. The highest BCUT2D eigenvalue weighted by molar-refractivity contribution is 5.99. The molecule has 62 heavy (non-hydrogen) atoms. The van der Waals surface area contributed by atoms with Gasteiger partial charge in [-0.1, -0.05) is 64.4 Å². The lowest BCUT2D eigenvalue weighted by Gasteiger charge is -2.32. The van der Waals surface area contributed by atoms with Crippen molar-refractivity contribution in [1.82, 2.24) is 47.0 Å². The fourth-order valence-corrected chi connectivity index (χ4v) is 7.91. The summed E-state index contributed by atoms with van der Waals surface area (Å²) in [6, 6.07) is -1.86. The second-order valence-electron chi connectivity index (χ2n) is 17.1. The maximum atomic E-state index is 14.1. The number of nitrogens with one attached hydrogen (secondary N) is 7. The SMILES string of the molecule is CC[C@@H](C)[C@@H]1NC(=O)[C@@H]2CCCN2C(=O)[C@H](C)NC(=O)[C@@H]2CCCN2C(=O)[C@H]([C@@H](C)O)NC(=O)[C@H](Cc2ccccc2)NC(=O)[C@H](C)NC(=O)[C@H](C)NC(=O)[C@H](C(C)C)NC1=O. The topological polar surface area (TPSA) is 265 Å². The van der Waals surface area contributed by atoms with Crippen LogP contribution in [0.3, 0.4) is 0 Å². The quantitative estimate of drug-likeness (QED) is 0.169. The Bertz CT molecular complexity index is 1830. The molecule has 1 aromatic rings. The maximum absolute atomic E-state index is 14.1. The van der Waals surface area contributed by atoms with Crippen LogP contribution in [0.2, 0.25) is 0 Å². The fourth-order valence-electron chi connectivity index (χ4n) is 7.91. The number of aliphatic hydroxyl groups is 1. The molecular weight excluding hydrogens is 803 g/mol. The smallest absolute Gasteiger partial charge is 0.248 e. The first-order valence-corrected chi connectivity index (χ1v) is 21.7. The second-order valence-corrected chi connectivity index (χ2v) is 17.1. The van der Waals surface area contributed by atoms with E-state index >= 15 is 0 Å². The van der Waals surface area contributed by atoms with Crippen LogP contribution in [-0.2, 0) is 49.6 Å². The molecule has 0 unspecified atom stereocenters. The van der Waals surface area contributed by atoms with E-state index in [4.69, 9.17) is 0 Å². The molecule has 8 N–H and O–H groups in total. The maximum Gasteiger partial charge on any atom is 0.248 e. The molecule has 0 aromatic heterocycles. The molecule has 19 heteroatoms. The Labute approximate surface area is 363 Å². The van der Waals surface area contributed by atoms with E-state index in [1.54, 1.807) is 51.1 Å². The van der Waals surface area contributed by atoms with Gasteiger partial charge < -0.3 is 52.1 Å². The molecule has 4 rings (SSSR count). The zero-order valence-electron chi connectivity index (χ0n) is 37.0. The number of carbonyl (C=O) groups excluding carboxylic acids is 9. The summed E-state index contributed by atoms with van der Waals surface area (Å²) in [5.41, 5.74) is 0.652. The first-order valence-electron chi connectivity index (χ1n) is 21.7. The summed E-state index contributed by atoms with van der Waals surface area (Å²) in [5.74, 6) is -7.02. The van der Waals surface area contributed by atoms with Gasteiger partial charge in [-0.3, -0.25) is 43.2 Å². The highest BCUT2D eigenvalue weighted by Gasteiger charge is 2.43. The summed E-state index contributed by atoms with van der Waals surface area (Å²) in [6.07, 6.45) is 0.446. The standard InChI is InChI=1S/C43H65N9O10/c1-9-23(4)33-41(60)48-32(22(2)3)40(59)45-24(5)35(54)44-25(6)36(55)47-29(21-28-15-11-10-12-16-28)37(56)50-34(27(8)53)43(62)52-20-14-17-30(52)38(57)46-26(7)42(61)51-19-13-18-31(51)39(58)49-33/h10-12,15-16,22-27,29-34,53H,9,13-14,17-21H2,1-8H3,(H,44,54)(H,45,59)(H,46,57)(H,47,55)(H,48,60)(H,49,58)(H,50,56)/t23-,24+,25+,26+,27-,29+,30+,31+,32+,33+,34+/m1/s1. The molecule has 342 valence electrons. The Morgan fingerprint density at radius 3 is 1.58 bits per heavy atom. The van der Waals surface area contributed by atoms with Crippen LogP contribution < -0.4 is 37.2 Å². The van der Waals surface area contributed by atoms with E-state index in [9.17, 15) is 48.3 Å². The summed E-state index contributed by atoms with van der Waals surface area (Å²) in [4.78, 5) is 127. The van der Waals surface area contributed by atoms with Gasteiger partial charge in [0.05, 0.1) is 6.10 Å². The molecule has 11 atom stereocenters. The van der Waals surface area contributed by atoms with E-state index in [0.29, 0.717) is 31.2 Å². The van der Waals surface area contributed by atoms with Gasteiger partial charge in [0.15, 0.2) is 0 Å². The molecule has 0 saturated carbocycles. The first kappa shape index (κ1) is 49.1. The van der Waals surface area contributed by atoms with Crippen molar-refractivity contribution < 1.29 is 48.3 Å². The van der Waals surface area contributed by atoms with Crippen LogP contribution in [0.1, 0.15) is 93.1 Å². The van der Waals surface area contributed by atoms with Crippen LogP contribution in [0.15, 0.2) is 30.3 Å². The van der Waals surface area contributed by atoms with Crippen LogP contribution >= 0.6 is 0 Å². The van der Waals surface area contributed by atoms with E-state index in [0.717, 1.165) is 0 Å². The predicted molar refractivity (Wildman–Crippen MR) is 226 cm³/mol. The number of hydrogen-bond donors (Lipinski definition) is 8. The van der Waals surface area contributed by atoms with E-state index in [-0.39, 0.29) is 25.9 Å². The summed E-state index contributed by atoms with van der Waals surface area (Å²) >= 11 is 0. The highest BCUT2D eigenvalue weighted by atomic mass is 16.3. The van der Waals surface area contributed by atoms with Crippen molar-refractivity contribution in [3.63, 3.8) is 0 Å². The molecule has 0 spiro atoms. The lowest BCUT2D eigenvalue weighted by Crippen LogP contribution is -2.61. The van der Waals surface area contributed by atoms with Gasteiger partial charge in [0.25, 0.3) is 0 Å². The van der Waals surface area contributed by atoms with Crippen LogP contribution in [-0.4, -0.2) is 142 Å². The van der Waals surface area contributed by atoms with Gasteiger partial charge in [0.2, 0.25) is 53.2 Å². The average molecular weight is 868 g/mol. The van der Waals surface area contributed by atoms with Crippen molar-refractivity contribution in [3.05, 3.63) is 35.9 Å². The zero-order chi connectivity index (χ0) is 46.0. The number of hydrogen-bond acceptors (Lipinski definition) is 10. The third-order valence-electron chi connectivity index (χ3n) is 11.9. The van der Waals surface area contributed by atoms with Crippen LogP contribution in [0.4, 0.5) is 0 Å². The van der Waals surface area contributed by atoms with Crippen molar-refractivity contribution in [1.29, 1.82) is 0 Å². The highest BCUT2D eigenvalue weighted by Crippen LogP contribution is 2.23. The van der Waals surface area contributed by atoms with Gasteiger partial charge in [-0.15, -0.1) is 0 Å². The van der Waals surface area contributed by atoms with Crippen molar-refractivity contribution >= 4 is 53.2 Å². The molecule has 9 amide bonds. The number of aliphatic hydroxyl groups excluding tert-OH is 1. The lowest BCUT2D eigenvalue weighted by atomic mass is 9.96. The van der Waals surface area contributed by atoms with Crippen LogP contribution in [0, 0.1) is 11.8 Å². The minimum absolute atomic E-state index is 0.0356. The van der Waals surface area contributed by atoms with E-state index in [1.165, 1.54) is 37.5 Å². The van der Waals surface area contributed by atoms with Crippen molar-refractivity contribution in [3.8, 4) is 0 Å². The molecular formula is C43H65N9O10. The lowest BCUT2D eigenvalue weighted by molar-refractivity contribution is -0.145. The predicted octanol–water partition coefficient (Wildman–Crippen LogP) is -1.24. The Balaban J connectivity index is 1.69. The van der Waals surface area contributed by atoms with Crippen LogP contribution in [0.25, 0.3) is 0 Å². The molecule has 3 saturated heterocycles. The van der Waals surface area contributed by atoms with Crippen molar-refractivity contribution in [2.75, 3.05) is 13.1 Å². The molecule has 0 aliphatic carbocycles. The van der Waals surface area contributed by atoms with Gasteiger partial charge in [0, 0.05) is 19.5 Å². The Hall–Kier alpha value is -5.59. The first-order chi connectivity index (χ1) is 29.2. The summed E-state index contributed by atoms with van der Waals surface area (Å²) in [7, 11) is 0. The van der Waals surface area contributed by atoms with E-state index < -0.39 is 125 Å².